The van der Waals surface area contributed by atoms with E-state index in [2.05, 4.69) is 4.98 Å². The Kier molecular flexibility index (Phi) is 4.72. The van der Waals surface area contributed by atoms with Crippen molar-refractivity contribution in [2.75, 3.05) is 13.7 Å². The Morgan fingerprint density at radius 1 is 1.33 bits per heavy atom. The highest BCUT2D eigenvalue weighted by atomic mass is 16.5. The average Bonchev–Trinajstić information content (AvgIpc) is 2.16. The first kappa shape index (κ1) is 12.1. The third kappa shape index (κ3) is 3.98. The first-order valence-electron chi connectivity index (χ1n) is 5.25. The molecule has 0 aliphatic heterocycles. The molecule has 0 radical (unpaired) electrons. The maximum absolute atomic E-state index is 9.91. The molecule has 0 spiro atoms. The van der Waals surface area contributed by atoms with Gasteiger partial charge in [-0.15, -0.1) is 0 Å². The molecule has 0 amide bonds. The van der Waals surface area contributed by atoms with Crippen LogP contribution in [-0.2, 0) is 4.74 Å². The molecule has 0 bridgehead atoms. The van der Waals surface area contributed by atoms with Gasteiger partial charge in [-0.1, -0.05) is 0 Å². The first-order valence-corrected chi connectivity index (χ1v) is 5.25. The lowest BCUT2D eigenvalue weighted by Gasteiger charge is -2.11. The normalized spacial score (nSPS) is 12.8. The average molecular weight is 209 g/mol. The topological polar surface area (TPSA) is 42.4 Å². The largest absolute Gasteiger partial charge is 0.388 e. The molecule has 1 unspecified atom stereocenters. The molecule has 0 aliphatic rings. The number of ether oxygens (including phenoxy) is 1. The predicted octanol–water partition coefficient (Wildman–Crippen LogP) is 2.16. The quantitative estimate of drug-likeness (QED) is 0.756. The number of aryl methyl sites for hydroxylation is 2. The molecule has 3 nitrogen and oxygen atoms in total. The van der Waals surface area contributed by atoms with E-state index in [0.717, 1.165) is 29.8 Å². The molecule has 15 heavy (non-hydrogen) atoms. The van der Waals surface area contributed by atoms with Crippen LogP contribution in [0.25, 0.3) is 0 Å². The van der Waals surface area contributed by atoms with Crippen molar-refractivity contribution in [1.29, 1.82) is 0 Å². The monoisotopic (exact) mass is 209 g/mol. The molecule has 0 saturated carbocycles. The van der Waals surface area contributed by atoms with E-state index in [9.17, 15) is 5.11 Å². The van der Waals surface area contributed by atoms with Crippen LogP contribution < -0.4 is 0 Å². The Balaban J connectivity index is 2.60. The Labute approximate surface area is 91.1 Å². The van der Waals surface area contributed by atoms with Crippen molar-refractivity contribution in [2.45, 2.75) is 32.8 Å². The van der Waals surface area contributed by atoms with Crippen LogP contribution >= 0.6 is 0 Å². The molecule has 1 N–H and O–H groups in total. The number of pyridine rings is 1. The zero-order valence-corrected chi connectivity index (χ0v) is 9.66. The number of aromatic nitrogens is 1. The van der Waals surface area contributed by atoms with Gasteiger partial charge >= 0.3 is 0 Å². The van der Waals surface area contributed by atoms with Crippen molar-refractivity contribution in [3.8, 4) is 0 Å². The molecule has 1 aromatic heterocycles. The third-order valence-electron chi connectivity index (χ3n) is 2.31. The highest BCUT2D eigenvalue weighted by molar-refractivity contribution is 5.22. The van der Waals surface area contributed by atoms with Crippen LogP contribution in [0.4, 0.5) is 0 Å². The van der Waals surface area contributed by atoms with E-state index in [4.69, 9.17) is 4.74 Å². The summed E-state index contributed by atoms with van der Waals surface area (Å²) in [5.74, 6) is 0. The minimum absolute atomic E-state index is 0.402. The summed E-state index contributed by atoms with van der Waals surface area (Å²) in [7, 11) is 1.67. The van der Waals surface area contributed by atoms with Gasteiger partial charge in [-0.2, -0.15) is 0 Å². The Bertz CT molecular complexity index is 292. The van der Waals surface area contributed by atoms with Gasteiger partial charge in [0.1, 0.15) is 0 Å². The second-order valence-corrected chi connectivity index (χ2v) is 3.83. The Morgan fingerprint density at radius 2 is 1.93 bits per heavy atom. The number of aliphatic hydroxyl groups excluding tert-OH is 1. The maximum atomic E-state index is 9.91. The number of aliphatic hydroxyl groups is 1. The summed E-state index contributed by atoms with van der Waals surface area (Å²) in [4.78, 5) is 4.28. The van der Waals surface area contributed by atoms with Crippen molar-refractivity contribution in [3.05, 3.63) is 29.1 Å². The van der Waals surface area contributed by atoms with E-state index in [1.54, 1.807) is 7.11 Å². The molecule has 3 heteroatoms. The molecular formula is C12H19NO2. The van der Waals surface area contributed by atoms with Crippen LogP contribution in [0.3, 0.4) is 0 Å². The fourth-order valence-electron chi connectivity index (χ4n) is 1.65. The van der Waals surface area contributed by atoms with Gasteiger partial charge in [0.25, 0.3) is 0 Å². The van der Waals surface area contributed by atoms with Crippen molar-refractivity contribution in [3.63, 3.8) is 0 Å². The fourth-order valence-corrected chi connectivity index (χ4v) is 1.65. The van der Waals surface area contributed by atoms with Gasteiger partial charge in [-0.25, -0.2) is 0 Å². The second kappa shape index (κ2) is 5.83. The van der Waals surface area contributed by atoms with Crippen LogP contribution in [0.5, 0.6) is 0 Å². The smallest absolute Gasteiger partial charge is 0.0792 e. The molecule has 1 aromatic rings. The summed E-state index contributed by atoms with van der Waals surface area (Å²) in [6.07, 6.45) is 1.20. The molecule has 1 rings (SSSR count). The van der Waals surface area contributed by atoms with Crippen molar-refractivity contribution < 1.29 is 9.84 Å². The van der Waals surface area contributed by atoms with E-state index < -0.39 is 6.10 Å². The van der Waals surface area contributed by atoms with Gasteiger partial charge in [-0.3, -0.25) is 4.98 Å². The second-order valence-electron chi connectivity index (χ2n) is 3.83. The van der Waals surface area contributed by atoms with Crippen LogP contribution in [0.1, 0.15) is 35.9 Å². The molecule has 0 saturated heterocycles. The lowest BCUT2D eigenvalue weighted by atomic mass is 10.0. The van der Waals surface area contributed by atoms with E-state index in [-0.39, 0.29) is 0 Å². The lowest BCUT2D eigenvalue weighted by molar-refractivity contribution is 0.136. The zero-order chi connectivity index (χ0) is 11.3. The Hall–Kier alpha value is -0.930. The van der Waals surface area contributed by atoms with E-state index >= 15 is 0 Å². The predicted molar refractivity (Wildman–Crippen MR) is 59.8 cm³/mol. The number of rotatable bonds is 5. The summed E-state index contributed by atoms with van der Waals surface area (Å²) in [5, 5.41) is 9.91. The number of hydrogen-bond donors (Lipinski definition) is 1. The third-order valence-corrected chi connectivity index (χ3v) is 2.31. The number of hydrogen-bond acceptors (Lipinski definition) is 3. The van der Waals surface area contributed by atoms with Crippen LogP contribution in [-0.4, -0.2) is 23.8 Å². The first-order chi connectivity index (χ1) is 7.13. The highest BCUT2D eigenvalue weighted by Crippen LogP contribution is 2.19. The van der Waals surface area contributed by atoms with Gasteiger partial charge in [0.15, 0.2) is 0 Å². The standard InChI is InChI=1S/C12H19NO2/c1-9-7-11(8-10(2)13-9)12(14)5-4-6-15-3/h7-8,12,14H,4-6H2,1-3H3. The van der Waals surface area contributed by atoms with Gasteiger partial charge < -0.3 is 9.84 Å². The van der Waals surface area contributed by atoms with Gasteiger partial charge in [0, 0.05) is 25.1 Å². The molecular weight excluding hydrogens is 190 g/mol. The van der Waals surface area contributed by atoms with Crippen molar-refractivity contribution in [2.24, 2.45) is 0 Å². The SMILES string of the molecule is COCCCC(O)c1cc(C)nc(C)c1. The fraction of sp³-hybridized carbons (Fsp3) is 0.583. The summed E-state index contributed by atoms with van der Waals surface area (Å²) < 4.78 is 4.95. The van der Waals surface area contributed by atoms with Crippen LogP contribution in [0.15, 0.2) is 12.1 Å². The maximum Gasteiger partial charge on any atom is 0.0792 e. The minimum Gasteiger partial charge on any atom is -0.388 e. The van der Waals surface area contributed by atoms with E-state index in [0.29, 0.717) is 6.61 Å². The van der Waals surface area contributed by atoms with Crippen molar-refractivity contribution >= 4 is 0 Å². The van der Waals surface area contributed by atoms with Gasteiger partial charge in [-0.05, 0) is 44.4 Å². The lowest BCUT2D eigenvalue weighted by Crippen LogP contribution is -2.02. The summed E-state index contributed by atoms with van der Waals surface area (Å²) in [6, 6.07) is 3.87. The summed E-state index contributed by atoms with van der Waals surface area (Å²) >= 11 is 0. The zero-order valence-electron chi connectivity index (χ0n) is 9.66. The van der Waals surface area contributed by atoms with Crippen molar-refractivity contribution in [1.82, 2.24) is 4.98 Å². The van der Waals surface area contributed by atoms with Crippen LogP contribution in [0.2, 0.25) is 0 Å². The van der Waals surface area contributed by atoms with Gasteiger partial charge in [0.2, 0.25) is 0 Å². The number of nitrogens with zero attached hydrogens (tertiary/aromatic N) is 1. The summed E-state index contributed by atoms with van der Waals surface area (Å²) in [6.45, 7) is 4.58. The molecule has 84 valence electrons. The molecule has 0 aliphatic carbocycles. The van der Waals surface area contributed by atoms with Gasteiger partial charge in [0.05, 0.1) is 6.10 Å². The van der Waals surface area contributed by atoms with Crippen LogP contribution in [0, 0.1) is 13.8 Å². The Morgan fingerprint density at radius 3 is 2.47 bits per heavy atom. The molecule has 0 fully saturated rings. The highest BCUT2D eigenvalue weighted by Gasteiger charge is 2.08. The summed E-state index contributed by atoms with van der Waals surface area (Å²) in [5.41, 5.74) is 2.86. The molecule has 1 heterocycles. The number of methoxy groups -OCH3 is 1. The molecule has 0 aromatic carbocycles. The van der Waals surface area contributed by atoms with E-state index in [1.165, 1.54) is 0 Å². The van der Waals surface area contributed by atoms with E-state index in [1.807, 2.05) is 26.0 Å². The minimum atomic E-state index is -0.402. The molecule has 1 atom stereocenters.